The number of fused-ring (bicyclic) bond motifs is 2. The zero-order chi connectivity index (χ0) is 19.0. The number of carbonyl (C=O) groups excluding carboxylic acids is 1. The number of hydrogen-bond donors (Lipinski definition) is 0. The first-order valence-corrected chi connectivity index (χ1v) is 9.49. The third-order valence-corrected chi connectivity index (χ3v) is 5.10. The Morgan fingerprint density at radius 3 is 2.63 bits per heavy atom. The molecule has 1 saturated heterocycles. The van der Waals surface area contributed by atoms with Crippen LogP contribution in [-0.2, 0) is 26.6 Å². The number of rotatable bonds is 4. The minimum Gasteiger partial charge on any atom is -0.494 e. The van der Waals surface area contributed by atoms with Gasteiger partial charge < -0.3 is 19.1 Å². The molecule has 2 heterocycles. The number of aryl methyl sites for hydroxylation is 2. The number of nitrogens with zero attached hydrogens (tertiary/aromatic N) is 1. The molecule has 142 valence electrons. The van der Waals surface area contributed by atoms with Gasteiger partial charge in [0.2, 0.25) is 0 Å². The predicted octanol–water partition coefficient (Wildman–Crippen LogP) is 3.84. The second-order valence-corrected chi connectivity index (χ2v) is 7.08. The first-order chi connectivity index (χ1) is 13.1. The highest BCUT2D eigenvalue weighted by molar-refractivity contribution is 6.07. The maximum Gasteiger partial charge on any atom is 0.292 e. The van der Waals surface area contributed by atoms with Crippen molar-refractivity contribution in [3.05, 3.63) is 58.7 Å². The van der Waals surface area contributed by atoms with Crippen molar-refractivity contribution >= 4 is 11.6 Å². The SMILES string of the molecule is CCOc1ccccc1CN1C(=O)C2(OCCCO2)c2cc(C)cc(C)c21. The van der Waals surface area contributed by atoms with E-state index in [-0.39, 0.29) is 5.91 Å². The number of ether oxygens (including phenoxy) is 3. The van der Waals surface area contributed by atoms with Crippen molar-refractivity contribution in [2.45, 2.75) is 39.5 Å². The number of benzene rings is 2. The van der Waals surface area contributed by atoms with Crippen molar-refractivity contribution in [1.82, 2.24) is 0 Å². The lowest BCUT2D eigenvalue weighted by molar-refractivity contribution is -0.256. The lowest BCUT2D eigenvalue weighted by Gasteiger charge is -2.32. The van der Waals surface area contributed by atoms with Crippen LogP contribution in [0.5, 0.6) is 5.75 Å². The Hall–Kier alpha value is -2.37. The number of amides is 1. The summed E-state index contributed by atoms with van der Waals surface area (Å²) >= 11 is 0. The van der Waals surface area contributed by atoms with Crippen LogP contribution in [0.4, 0.5) is 5.69 Å². The molecule has 27 heavy (non-hydrogen) atoms. The van der Waals surface area contributed by atoms with Crippen molar-refractivity contribution in [2.75, 3.05) is 24.7 Å². The topological polar surface area (TPSA) is 48.0 Å². The molecule has 2 aliphatic rings. The molecule has 2 aromatic rings. The van der Waals surface area contributed by atoms with Gasteiger partial charge in [0.15, 0.2) is 0 Å². The molecule has 2 aromatic carbocycles. The van der Waals surface area contributed by atoms with Crippen LogP contribution >= 0.6 is 0 Å². The Labute approximate surface area is 159 Å². The maximum absolute atomic E-state index is 13.5. The van der Waals surface area contributed by atoms with Gasteiger partial charge in [0.05, 0.1) is 32.1 Å². The average Bonchev–Trinajstić information content (AvgIpc) is 2.87. The van der Waals surface area contributed by atoms with E-state index in [1.54, 1.807) is 4.90 Å². The predicted molar refractivity (Wildman–Crippen MR) is 103 cm³/mol. The van der Waals surface area contributed by atoms with Gasteiger partial charge in [-0.3, -0.25) is 4.79 Å². The number of carbonyl (C=O) groups is 1. The quantitative estimate of drug-likeness (QED) is 0.824. The molecule has 1 fully saturated rings. The molecule has 0 N–H and O–H groups in total. The summed E-state index contributed by atoms with van der Waals surface area (Å²) in [5.41, 5.74) is 4.80. The molecule has 1 spiro atoms. The van der Waals surface area contributed by atoms with Gasteiger partial charge in [-0.05, 0) is 44.9 Å². The van der Waals surface area contributed by atoms with Gasteiger partial charge in [-0.25, -0.2) is 0 Å². The highest BCUT2D eigenvalue weighted by atomic mass is 16.7. The summed E-state index contributed by atoms with van der Waals surface area (Å²) in [7, 11) is 0. The lowest BCUT2D eigenvalue weighted by atomic mass is 10.00. The molecule has 0 aromatic heterocycles. The van der Waals surface area contributed by atoms with Crippen LogP contribution in [0.3, 0.4) is 0 Å². The van der Waals surface area contributed by atoms with E-state index in [0.717, 1.165) is 40.1 Å². The largest absolute Gasteiger partial charge is 0.494 e. The fourth-order valence-electron chi connectivity index (χ4n) is 4.03. The summed E-state index contributed by atoms with van der Waals surface area (Å²) in [5.74, 6) is -0.673. The first kappa shape index (κ1) is 18.0. The summed E-state index contributed by atoms with van der Waals surface area (Å²) < 4.78 is 17.7. The summed E-state index contributed by atoms with van der Waals surface area (Å²) in [4.78, 5) is 15.3. The highest BCUT2D eigenvalue weighted by Crippen LogP contribution is 2.48. The summed E-state index contributed by atoms with van der Waals surface area (Å²) in [6.45, 7) is 8.04. The molecule has 0 bridgehead atoms. The van der Waals surface area contributed by atoms with Crippen molar-refractivity contribution in [2.24, 2.45) is 0 Å². The third-order valence-electron chi connectivity index (χ3n) is 5.10. The summed E-state index contributed by atoms with van der Waals surface area (Å²) in [6, 6.07) is 11.9. The van der Waals surface area contributed by atoms with E-state index >= 15 is 0 Å². The van der Waals surface area contributed by atoms with Crippen molar-refractivity contribution in [3.63, 3.8) is 0 Å². The van der Waals surface area contributed by atoms with Gasteiger partial charge in [0, 0.05) is 11.1 Å². The van der Waals surface area contributed by atoms with Crippen LogP contribution in [0.1, 0.15) is 35.6 Å². The Bertz CT molecular complexity index is 871. The van der Waals surface area contributed by atoms with E-state index in [4.69, 9.17) is 14.2 Å². The molecule has 0 aliphatic carbocycles. The lowest BCUT2D eigenvalue weighted by Crippen LogP contribution is -2.47. The minimum atomic E-state index is -1.31. The number of anilines is 1. The van der Waals surface area contributed by atoms with Crippen LogP contribution in [0.15, 0.2) is 36.4 Å². The van der Waals surface area contributed by atoms with Gasteiger partial charge in [-0.15, -0.1) is 0 Å². The minimum absolute atomic E-state index is 0.155. The normalized spacial score (nSPS) is 18.0. The molecule has 1 amide bonds. The number of para-hydroxylation sites is 1. The van der Waals surface area contributed by atoms with Crippen LogP contribution in [0.2, 0.25) is 0 Å². The van der Waals surface area contributed by atoms with Gasteiger partial charge in [-0.2, -0.15) is 0 Å². The Balaban J connectivity index is 1.80. The Kier molecular flexibility index (Phi) is 4.66. The van der Waals surface area contributed by atoms with E-state index in [1.807, 2.05) is 51.1 Å². The van der Waals surface area contributed by atoms with E-state index in [9.17, 15) is 4.79 Å². The molecule has 0 saturated carbocycles. The molecule has 0 unspecified atom stereocenters. The molecule has 0 atom stereocenters. The first-order valence-electron chi connectivity index (χ1n) is 9.49. The van der Waals surface area contributed by atoms with Gasteiger partial charge in [0.25, 0.3) is 11.7 Å². The van der Waals surface area contributed by atoms with Crippen molar-refractivity contribution in [1.29, 1.82) is 0 Å². The summed E-state index contributed by atoms with van der Waals surface area (Å²) in [6.07, 6.45) is 0.794. The second-order valence-electron chi connectivity index (χ2n) is 7.08. The van der Waals surface area contributed by atoms with Crippen LogP contribution in [0.25, 0.3) is 0 Å². The average molecular weight is 367 g/mol. The summed E-state index contributed by atoms with van der Waals surface area (Å²) in [5, 5.41) is 0. The molecule has 0 radical (unpaired) electrons. The monoisotopic (exact) mass is 367 g/mol. The Morgan fingerprint density at radius 2 is 1.89 bits per heavy atom. The molecule has 5 heteroatoms. The van der Waals surface area contributed by atoms with Crippen LogP contribution in [0, 0.1) is 13.8 Å². The van der Waals surface area contributed by atoms with E-state index in [1.165, 1.54) is 0 Å². The van der Waals surface area contributed by atoms with Crippen molar-refractivity contribution < 1.29 is 19.0 Å². The van der Waals surface area contributed by atoms with E-state index in [0.29, 0.717) is 26.4 Å². The molecule has 2 aliphatic heterocycles. The smallest absolute Gasteiger partial charge is 0.292 e. The second kappa shape index (κ2) is 6.98. The Morgan fingerprint density at radius 1 is 1.15 bits per heavy atom. The zero-order valence-corrected chi connectivity index (χ0v) is 16.1. The molecule has 4 rings (SSSR count). The van der Waals surface area contributed by atoms with E-state index < -0.39 is 5.79 Å². The van der Waals surface area contributed by atoms with Gasteiger partial charge in [-0.1, -0.05) is 29.8 Å². The third kappa shape index (κ3) is 2.91. The molecular formula is C22H25NO4. The van der Waals surface area contributed by atoms with Crippen LogP contribution in [-0.4, -0.2) is 25.7 Å². The van der Waals surface area contributed by atoms with Crippen LogP contribution < -0.4 is 9.64 Å². The standard InChI is InChI=1S/C22H25NO4/c1-4-25-19-9-6-5-8-17(19)14-23-20-16(3)12-15(2)13-18(20)22(21(23)24)26-10-7-11-27-22/h5-6,8-9,12-13H,4,7,10-11,14H2,1-3H3. The fourth-order valence-corrected chi connectivity index (χ4v) is 4.03. The zero-order valence-electron chi connectivity index (χ0n) is 16.1. The van der Waals surface area contributed by atoms with E-state index in [2.05, 4.69) is 6.07 Å². The molecule has 5 nitrogen and oxygen atoms in total. The fraction of sp³-hybridized carbons (Fsp3) is 0.409. The van der Waals surface area contributed by atoms with Gasteiger partial charge in [0.1, 0.15) is 5.75 Å². The van der Waals surface area contributed by atoms with Crippen molar-refractivity contribution in [3.8, 4) is 5.75 Å². The van der Waals surface area contributed by atoms with Gasteiger partial charge >= 0.3 is 0 Å². The highest BCUT2D eigenvalue weighted by Gasteiger charge is 2.55. The molecular weight excluding hydrogens is 342 g/mol. The maximum atomic E-state index is 13.5. The number of hydrogen-bond acceptors (Lipinski definition) is 4.